The maximum Gasteiger partial charge on any atom is 0.325 e. The van der Waals surface area contributed by atoms with E-state index in [4.69, 9.17) is 4.74 Å². The lowest BCUT2D eigenvalue weighted by Gasteiger charge is -2.27. The maximum atomic E-state index is 11.7. The van der Waals surface area contributed by atoms with Gasteiger partial charge in [-0.05, 0) is 26.3 Å². The number of rotatable bonds is 7. The smallest absolute Gasteiger partial charge is 0.325 e. The molecule has 0 spiro atoms. The summed E-state index contributed by atoms with van der Waals surface area (Å²) in [5.74, 6) is -0.204. The number of carbonyl (C=O) groups excluding carboxylic acids is 1. The van der Waals surface area contributed by atoms with Gasteiger partial charge in [-0.2, -0.15) is 0 Å². The third kappa shape index (κ3) is 3.85. The van der Waals surface area contributed by atoms with Crippen LogP contribution in [0.2, 0.25) is 0 Å². The van der Waals surface area contributed by atoms with E-state index < -0.39 is 5.54 Å². The lowest BCUT2D eigenvalue weighted by molar-refractivity contribution is -0.148. The normalized spacial score (nSPS) is 14.3. The Hall–Kier alpha value is -1.36. The highest BCUT2D eigenvalue weighted by Crippen LogP contribution is 2.15. The fraction of sp³-hybridized carbons (Fsp3) is 0.667. The molecule has 0 aliphatic rings. The SMILES string of the molecule is CCNC(C)(CCCn1ccnc1)C(=O)OC. The van der Waals surface area contributed by atoms with Gasteiger partial charge in [0, 0.05) is 18.9 Å². The van der Waals surface area contributed by atoms with Gasteiger partial charge < -0.3 is 14.6 Å². The van der Waals surface area contributed by atoms with Crippen LogP contribution < -0.4 is 5.32 Å². The summed E-state index contributed by atoms with van der Waals surface area (Å²) in [6.07, 6.45) is 7.09. The lowest BCUT2D eigenvalue weighted by Crippen LogP contribution is -2.50. The Kier molecular flexibility index (Phi) is 5.15. The Morgan fingerprint density at radius 1 is 1.59 bits per heavy atom. The zero-order valence-corrected chi connectivity index (χ0v) is 10.8. The summed E-state index contributed by atoms with van der Waals surface area (Å²) in [6, 6.07) is 0. The third-order valence-electron chi connectivity index (χ3n) is 2.86. The molecule has 0 fully saturated rings. The Bertz CT molecular complexity index is 338. The molecule has 1 atom stereocenters. The molecule has 0 saturated carbocycles. The molecule has 0 aliphatic carbocycles. The number of hydrogen-bond acceptors (Lipinski definition) is 4. The van der Waals surface area contributed by atoms with E-state index in [1.54, 1.807) is 12.5 Å². The van der Waals surface area contributed by atoms with Crippen LogP contribution in [-0.2, 0) is 16.1 Å². The molecule has 1 aromatic heterocycles. The number of aryl methyl sites for hydroxylation is 1. The molecule has 5 nitrogen and oxygen atoms in total. The lowest BCUT2D eigenvalue weighted by atomic mass is 9.95. The molecule has 0 aromatic carbocycles. The predicted octanol–water partition coefficient (Wildman–Crippen LogP) is 1.20. The van der Waals surface area contributed by atoms with Crippen LogP contribution in [0.3, 0.4) is 0 Å². The minimum absolute atomic E-state index is 0.204. The van der Waals surface area contributed by atoms with Gasteiger partial charge in [0.05, 0.1) is 13.4 Å². The highest BCUT2D eigenvalue weighted by Gasteiger charge is 2.32. The fourth-order valence-corrected chi connectivity index (χ4v) is 1.91. The van der Waals surface area contributed by atoms with Gasteiger partial charge in [-0.3, -0.25) is 4.79 Å². The topological polar surface area (TPSA) is 56.2 Å². The number of likely N-dealkylation sites (N-methyl/N-ethyl adjacent to an activating group) is 1. The van der Waals surface area contributed by atoms with Crippen molar-refractivity contribution in [2.24, 2.45) is 0 Å². The number of aromatic nitrogens is 2. The van der Waals surface area contributed by atoms with Crippen LogP contribution in [0.25, 0.3) is 0 Å². The average molecular weight is 239 g/mol. The van der Waals surface area contributed by atoms with E-state index in [9.17, 15) is 4.79 Å². The molecule has 1 unspecified atom stereocenters. The standard InChI is InChI=1S/C12H21N3O2/c1-4-14-12(2,11(16)17-3)6-5-8-15-9-7-13-10-15/h7,9-10,14H,4-6,8H2,1-3H3. The monoisotopic (exact) mass is 239 g/mol. The van der Waals surface area contributed by atoms with Crippen LogP contribution in [0, 0.1) is 0 Å². The van der Waals surface area contributed by atoms with Crippen LogP contribution in [0.15, 0.2) is 18.7 Å². The number of ether oxygens (including phenoxy) is 1. The molecule has 1 aromatic rings. The van der Waals surface area contributed by atoms with Gasteiger partial charge >= 0.3 is 5.97 Å². The van der Waals surface area contributed by atoms with Crippen molar-refractivity contribution in [2.45, 2.75) is 38.8 Å². The molecule has 0 radical (unpaired) electrons. The zero-order valence-electron chi connectivity index (χ0n) is 10.8. The number of nitrogens with zero attached hydrogens (tertiary/aromatic N) is 2. The molecule has 5 heteroatoms. The van der Waals surface area contributed by atoms with Crippen molar-refractivity contribution in [3.05, 3.63) is 18.7 Å². The van der Waals surface area contributed by atoms with Gasteiger partial charge in [-0.15, -0.1) is 0 Å². The van der Waals surface area contributed by atoms with Crippen molar-refractivity contribution in [1.82, 2.24) is 14.9 Å². The largest absolute Gasteiger partial charge is 0.468 e. The first kappa shape index (κ1) is 13.7. The fourth-order valence-electron chi connectivity index (χ4n) is 1.91. The second-order valence-electron chi connectivity index (χ2n) is 4.26. The van der Waals surface area contributed by atoms with Crippen LogP contribution in [0.4, 0.5) is 0 Å². The Morgan fingerprint density at radius 3 is 2.88 bits per heavy atom. The van der Waals surface area contributed by atoms with Crippen molar-refractivity contribution >= 4 is 5.97 Å². The first-order valence-corrected chi connectivity index (χ1v) is 5.91. The molecule has 1 rings (SSSR count). The maximum absolute atomic E-state index is 11.7. The van der Waals surface area contributed by atoms with Crippen LogP contribution in [-0.4, -0.2) is 34.7 Å². The van der Waals surface area contributed by atoms with E-state index in [0.717, 1.165) is 25.9 Å². The molecule has 17 heavy (non-hydrogen) atoms. The molecular weight excluding hydrogens is 218 g/mol. The number of methoxy groups -OCH3 is 1. The van der Waals surface area contributed by atoms with Crippen molar-refractivity contribution in [1.29, 1.82) is 0 Å². The molecule has 0 saturated heterocycles. The van der Waals surface area contributed by atoms with E-state index in [2.05, 4.69) is 10.3 Å². The van der Waals surface area contributed by atoms with E-state index in [0.29, 0.717) is 0 Å². The minimum Gasteiger partial charge on any atom is -0.468 e. The van der Waals surface area contributed by atoms with Gasteiger partial charge in [0.15, 0.2) is 0 Å². The van der Waals surface area contributed by atoms with E-state index in [1.165, 1.54) is 7.11 Å². The zero-order chi connectivity index (χ0) is 12.7. The van der Waals surface area contributed by atoms with Crippen molar-refractivity contribution in [3.63, 3.8) is 0 Å². The molecule has 0 amide bonds. The van der Waals surface area contributed by atoms with Gasteiger partial charge in [-0.1, -0.05) is 6.92 Å². The van der Waals surface area contributed by atoms with Crippen LogP contribution in [0.5, 0.6) is 0 Å². The minimum atomic E-state index is -0.593. The second kappa shape index (κ2) is 6.39. The Labute approximate surface area is 102 Å². The van der Waals surface area contributed by atoms with Gasteiger partial charge in [-0.25, -0.2) is 4.98 Å². The summed E-state index contributed by atoms with van der Waals surface area (Å²) < 4.78 is 6.84. The first-order valence-electron chi connectivity index (χ1n) is 5.91. The summed E-state index contributed by atoms with van der Waals surface area (Å²) in [5, 5.41) is 3.19. The highest BCUT2D eigenvalue weighted by molar-refractivity contribution is 5.80. The average Bonchev–Trinajstić information content (AvgIpc) is 2.81. The number of nitrogens with one attached hydrogen (secondary N) is 1. The van der Waals surface area contributed by atoms with E-state index >= 15 is 0 Å². The predicted molar refractivity (Wildman–Crippen MR) is 65.6 cm³/mol. The van der Waals surface area contributed by atoms with Crippen molar-refractivity contribution in [3.8, 4) is 0 Å². The van der Waals surface area contributed by atoms with Gasteiger partial charge in [0.2, 0.25) is 0 Å². The van der Waals surface area contributed by atoms with Crippen molar-refractivity contribution in [2.75, 3.05) is 13.7 Å². The van der Waals surface area contributed by atoms with E-state index in [1.807, 2.05) is 24.6 Å². The third-order valence-corrected chi connectivity index (χ3v) is 2.86. The van der Waals surface area contributed by atoms with Crippen LogP contribution >= 0.6 is 0 Å². The summed E-state index contributed by atoms with van der Waals surface area (Å²) in [7, 11) is 1.42. The molecule has 96 valence electrons. The number of carbonyl (C=O) groups is 1. The summed E-state index contributed by atoms with van der Waals surface area (Å²) in [5.41, 5.74) is -0.593. The number of imidazole rings is 1. The Morgan fingerprint density at radius 2 is 2.35 bits per heavy atom. The summed E-state index contributed by atoms with van der Waals surface area (Å²) in [6.45, 7) is 5.47. The molecule has 0 aliphatic heterocycles. The summed E-state index contributed by atoms with van der Waals surface area (Å²) >= 11 is 0. The van der Waals surface area contributed by atoms with Crippen LogP contribution in [0.1, 0.15) is 26.7 Å². The quantitative estimate of drug-likeness (QED) is 0.726. The molecule has 1 N–H and O–H groups in total. The molecule has 0 bridgehead atoms. The molecule has 1 heterocycles. The van der Waals surface area contributed by atoms with Gasteiger partial charge in [0.25, 0.3) is 0 Å². The highest BCUT2D eigenvalue weighted by atomic mass is 16.5. The second-order valence-corrected chi connectivity index (χ2v) is 4.26. The summed E-state index contributed by atoms with van der Waals surface area (Å²) in [4.78, 5) is 15.7. The van der Waals surface area contributed by atoms with E-state index in [-0.39, 0.29) is 5.97 Å². The van der Waals surface area contributed by atoms with Crippen molar-refractivity contribution < 1.29 is 9.53 Å². The number of hydrogen-bond donors (Lipinski definition) is 1. The van der Waals surface area contributed by atoms with Gasteiger partial charge in [0.1, 0.15) is 5.54 Å². The number of esters is 1. The first-order chi connectivity index (χ1) is 8.12. The Balaban J connectivity index is 2.46. The molecular formula is C12H21N3O2.